The Balaban J connectivity index is 1.74. The van der Waals surface area contributed by atoms with E-state index >= 15 is 0 Å². The molecular formula is C19H25ClN6O3. The highest BCUT2D eigenvalue weighted by Gasteiger charge is 2.18. The molecule has 1 saturated heterocycles. The Morgan fingerprint density at radius 3 is 2.83 bits per heavy atom. The van der Waals surface area contributed by atoms with E-state index in [9.17, 15) is 4.79 Å². The summed E-state index contributed by atoms with van der Waals surface area (Å²) in [5.74, 6) is 0.839. The molecule has 1 aromatic carbocycles. The van der Waals surface area contributed by atoms with E-state index in [1.54, 1.807) is 18.3 Å². The summed E-state index contributed by atoms with van der Waals surface area (Å²) in [5.41, 5.74) is 1.98. The van der Waals surface area contributed by atoms with Crippen molar-refractivity contribution >= 4 is 34.8 Å². The van der Waals surface area contributed by atoms with Crippen LogP contribution in [0.25, 0.3) is 0 Å². The molecule has 0 bridgehead atoms. The molecule has 2 heterocycles. The molecule has 3 rings (SSSR count). The van der Waals surface area contributed by atoms with E-state index in [0.717, 1.165) is 17.9 Å². The number of benzene rings is 1. The second kappa shape index (κ2) is 9.73. The number of halogens is 1. The van der Waals surface area contributed by atoms with E-state index in [1.165, 1.54) is 6.20 Å². The fourth-order valence-electron chi connectivity index (χ4n) is 2.74. The molecule has 156 valence electrons. The largest absolute Gasteiger partial charge is 0.489 e. The molecule has 29 heavy (non-hydrogen) atoms. The number of ether oxygens (including phenoxy) is 2. The van der Waals surface area contributed by atoms with E-state index in [-0.39, 0.29) is 6.10 Å². The van der Waals surface area contributed by atoms with Gasteiger partial charge in [-0.1, -0.05) is 11.6 Å². The summed E-state index contributed by atoms with van der Waals surface area (Å²) in [5, 5.41) is 9.16. The number of amides is 2. The number of anilines is 3. The second-order valence-electron chi connectivity index (χ2n) is 6.82. The molecule has 2 amide bonds. The predicted molar refractivity (Wildman–Crippen MR) is 113 cm³/mol. The number of carbonyl (C=O) groups excluding carboxylic acids is 1. The lowest BCUT2D eigenvalue weighted by atomic mass is 10.2. The molecule has 0 saturated carbocycles. The summed E-state index contributed by atoms with van der Waals surface area (Å²) in [4.78, 5) is 22.5. The van der Waals surface area contributed by atoms with Gasteiger partial charge >= 0.3 is 6.03 Å². The number of aryl methyl sites for hydroxylation is 1. The van der Waals surface area contributed by atoms with Crippen molar-refractivity contribution in [2.45, 2.75) is 13.0 Å². The van der Waals surface area contributed by atoms with Crippen molar-refractivity contribution in [3.05, 3.63) is 35.2 Å². The minimum absolute atomic E-state index is 0.0632. The lowest BCUT2D eigenvalue weighted by Gasteiger charge is -2.25. The lowest BCUT2D eigenvalue weighted by Crippen LogP contribution is -2.41. The van der Waals surface area contributed by atoms with Crippen molar-refractivity contribution < 1.29 is 14.3 Å². The number of aromatic nitrogens is 2. The fourth-order valence-corrected chi connectivity index (χ4v) is 3.07. The van der Waals surface area contributed by atoms with Gasteiger partial charge in [-0.2, -0.15) is 0 Å². The average Bonchev–Trinajstić information content (AvgIpc) is 2.69. The molecule has 0 aliphatic carbocycles. The molecule has 1 atom stereocenters. The number of morpholine rings is 1. The molecule has 1 aliphatic heterocycles. The number of nitrogens with zero attached hydrogens (tertiary/aromatic N) is 3. The third-order valence-electron chi connectivity index (χ3n) is 4.23. The van der Waals surface area contributed by atoms with Gasteiger partial charge in [0, 0.05) is 33.3 Å². The second-order valence-corrected chi connectivity index (χ2v) is 7.23. The summed E-state index contributed by atoms with van der Waals surface area (Å²) in [6.07, 6.45) is 3.00. The molecule has 0 spiro atoms. The van der Waals surface area contributed by atoms with Crippen LogP contribution in [0.5, 0.6) is 5.75 Å². The zero-order chi connectivity index (χ0) is 20.8. The third kappa shape index (κ3) is 5.93. The SMILES string of the molecule is Cc1cnc(NC(=O)Nc2cc(Cl)c(N(C)C)cc2OCC2CNCCO2)cn1. The smallest absolute Gasteiger partial charge is 0.325 e. The van der Waals surface area contributed by atoms with Crippen molar-refractivity contribution in [1.29, 1.82) is 0 Å². The van der Waals surface area contributed by atoms with Crippen LogP contribution < -0.4 is 25.6 Å². The van der Waals surface area contributed by atoms with Crippen molar-refractivity contribution in [2.24, 2.45) is 0 Å². The monoisotopic (exact) mass is 420 g/mol. The normalized spacial score (nSPS) is 16.2. The molecule has 9 nitrogen and oxygen atoms in total. The van der Waals surface area contributed by atoms with Crippen LogP contribution in [0.4, 0.5) is 22.0 Å². The maximum Gasteiger partial charge on any atom is 0.325 e. The van der Waals surface area contributed by atoms with Crippen LogP contribution >= 0.6 is 11.6 Å². The highest BCUT2D eigenvalue weighted by molar-refractivity contribution is 6.33. The van der Waals surface area contributed by atoms with Crippen LogP contribution in [0, 0.1) is 6.92 Å². The molecule has 10 heteroatoms. The number of urea groups is 1. The maximum atomic E-state index is 12.4. The van der Waals surface area contributed by atoms with Crippen LogP contribution in [-0.2, 0) is 4.74 Å². The number of hydrogen-bond acceptors (Lipinski definition) is 7. The highest BCUT2D eigenvalue weighted by atomic mass is 35.5. The van der Waals surface area contributed by atoms with E-state index < -0.39 is 6.03 Å². The maximum absolute atomic E-state index is 12.4. The van der Waals surface area contributed by atoms with Gasteiger partial charge in [0.2, 0.25) is 0 Å². The predicted octanol–water partition coefficient (Wildman–Crippen LogP) is 2.52. The summed E-state index contributed by atoms with van der Waals surface area (Å²) in [6.45, 7) is 4.35. The van der Waals surface area contributed by atoms with Crippen LogP contribution in [0.3, 0.4) is 0 Å². The van der Waals surface area contributed by atoms with Gasteiger partial charge in [-0.05, 0) is 13.0 Å². The topological polar surface area (TPSA) is 101 Å². The van der Waals surface area contributed by atoms with Gasteiger partial charge in [-0.25, -0.2) is 9.78 Å². The number of carbonyl (C=O) groups is 1. The molecule has 0 radical (unpaired) electrons. The van der Waals surface area contributed by atoms with Gasteiger partial charge in [0.25, 0.3) is 0 Å². The Kier molecular flexibility index (Phi) is 7.08. The first-order chi connectivity index (χ1) is 13.9. The van der Waals surface area contributed by atoms with Gasteiger partial charge in [0.05, 0.1) is 41.1 Å². The van der Waals surface area contributed by atoms with Crippen LogP contribution in [-0.4, -0.2) is 62.5 Å². The number of hydrogen-bond donors (Lipinski definition) is 3. The summed E-state index contributed by atoms with van der Waals surface area (Å²) in [7, 11) is 3.77. The highest BCUT2D eigenvalue weighted by Crippen LogP contribution is 2.36. The van der Waals surface area contributed by atoms with Crippen LogP contribution in [0.1, 0.15) is 5.69 Å². The van der Waals surface area contributed by atoms with Crippen molar-refractivity contribution in [1.82, 2.24) is 15.3 Å². The molecule has 3 N–H and O–H groups in total. The Morgan fingerprint density at radius 2 is 2.17 bits per heavy atom. The minimum Gasteiger partial charge on any atom is -0.489 e. The van der Waals surface area contributed by atoms with Crippen LogP contribution in [0.15, 0.2) is 24.5 Å². The third-order valence-corrected chi connectivity index (χ3v) is 4.53. The molecule has 1 unspecified atom stereocenters. The van der Waals surface area contributed by atoms with E-state index in [0.29, 0.717) is 42.0 Å². The standard InChI is InChI=1S/C19H25ClN6O3/c1-12-8-23-18(10-22-12)25-19(27)24-15-6-14(20)16(26(2)3)7-17(15)29-11-13-9-21-4-5-28-13/h6-8,10,13,21H,4-5,9,11H2,1-3H3,(H2,23,24,25,27). The number of nitrogens with one attached hydrogen (secondary N) is 3. The van der Waals surface area contributed by atoms with Gasteiger partial charge in [-0.3, -0.25) is 10.3 Å². The molecule has 2 aromatic rings. The first-order valence-corrected chi connectivity index (χ1v) is 9.63. The van der Waals surface area contributed by atoms with Crippen LogP contribution in [0.2, 0.25) is 5.02 Å². The molecule has 1 aliphatic rings. The van der Waals surface area contributed by atoms with E-state index in [4.69, 9.17) is 21.1 Å². The Hall–Kier alpha value is -2.62. The van der Waals surface area contributed by atoms with Gasteiger partial charge in [0.15, 0.2) is 5.82 Å². The number of rotatable bonds is 6. The van der Waals surface area contributed by atoms with Gasteiger partial charge in [-0.15, -0.1) is 0 Å². The lowest BCUT2D eigenvalue weighted by molar-refractivity contribution is 0.000359. The molecule has 1 aromatic heterocycles. The summed E-state index contributed by atoms with van der Waals surface area (Å²) >= 11 is 6.38. The summed E-state index contributed by atoms with van der Waals surface area (Å²) in [6, 6.07) is 2.98. The van der Waals surface area contributed by atoms with Gasteiger partial charge in [0.1, 0.15) is 18.5 Å². The van der Waals surface area contributed by atoms with E-state index in [1.807, 2.05) is 25.9 Å². The summed E-state index contributed by atoms with van der Waals surface area (Å²) < 4.78 is 11.6. The quantitative estimate of drug-likeness (QED) is 0.660. The zero-order valence-corrected chi connectivity index (χ0v) is 17.4. The van der Waals surface area contributed by atoms with Crippen molar-refractivity contribution in [3.8, 4) is 5.75 Å². The molecular weight excluding hydrogens is 396 g/mol. The minimum atomic E-state index is -0.475. The van der Waals surface area contributed by atoms with E-state index in [2.05, 4.69) is 25.9 Å². The fraction of sp³-hybridized carbons (Fsp3) is 0.421. The Bertz CT molecular complexity index is 841. The van der Waals surface area contributed by atoms with Crippen molar-refractivity contribution in [3.63, 3.8) is 0 Å². The molecule has 1 fully saturated rings. The Morgan fingerprint density at radius 1 is 1.34 bits per heavy atom. The first kappa shape index (κ1) is 21.1. The van der Waals surface area contributed by atoms with Gasteiger partial charge < -0.3 is 25.0 Å². The van der Waals surface area contributed by atoms with Crippen molar-refractivity contribution in [2.75, 3.05) is 55.9 Å². The average molecular weight is 421 g/mol. The Labute approximate surface area is 174 Å². The first-order valence-electron chi connectivity index (χ1n) is 9.25. The zero-order valence-electron chi connectivity index (χ0n) is 16.7.